The van der Waals surface area contributed by atoms with Crippen molar-refractivity contribution in [2.75, 3.05) is 19.7 Å². The predicted molar refractivity (Wildman–Crippen MR) is 57.4 cm³/mol. The Bertz CT molecular complexity index is 302. The summed E-state index contributed by atoms with van der Waals surface area (Å²) >= 11 is 0. The molecule has 0 spiro atoms. The topological polar surface area (TPSA) is 29.5 Å². The summed E-state index contributed by atoms with van der Waals surface area (Å²) in [4.78, 5) is 14.1. The van der Waals surface area contributed by atoms with Gasteiger partial charge in [-0.3, -0.25) is 9.69 Å². The molecular formula is C12H17NO2. The maximum absolute atomic E-state index is 11.7. The molecule has 2 rings (SSSR count). The first-order valence-electron chi connectivity index (χ1n) is 5.59. The number of Topliss-reactive ketones (excluding diaryl/α,β-unsaturated/α-hetero) is 1. The van der Waals surface area contributed by atoms with Gasteiger partial charge in [-0.05, 0) is 26.3 Å². The van der Waals surface area contributed by atoms with Gasteiger partial charge < -0.3 is 4.74 Å². The Balaban J connectivity index is 1.88. The van der Waals surface area contributed by atoms with Gasteiger partial charge >= 0.3 is 0 Å². The first kappa shape index (κ1) is 10.7. The molecule has 0 amide bonds. The minimum Gasteiger partial charge on any atom is -0.367 e. The Hall–Kier alpha value is -0.850. The lowest BCUT2D eigenvalue weighted by Gasteiger charge is -2.34. The van der Waals surface area contributed by atoms with E-state index >= 15 is 0 Å². The highest BCUT2D eigenvalue weighted by atomic mass is 16.5. The molecule has 2 fully saturated rings. The van der Waals surface area contributed by atoms with Gasteiger partial charge in [0.05, 0.1) is 13.0 Å². The van der Waals surface area contributed by atoms with Crippen LogP contribution in [-0.2, 0) is 9.53 Å². The molecule has 2 heterocycles. The van der Waals surface area contributed by atoms with Crippen LogP contribution in [0.1, 0.15) is 26.2 Å². The Morgan fingerprint density at radius 2 is 2.47 bits per heavy atom. The van der Waals surface area contributed by atoms with Gasteiger partial charge in [-0.1, -0.05) is 5.92 Å². The molecule has 0 N–H and O–H groups in total. The van der Waals surface area contributed by atoms with Crippen LogP contribution in [0.25, 0.3) is 0 Å². The summed E-state index contributed by atoms with van der Waals surface area (Å²) in [5, 5.41) is 0. The van der Waals surface area contributed by atoms with Gasteiger partial charge in [0.25, 0.3) is 0 Å². The van der Waals surface area contributed by atoms with Crippen LogP contribution in [0.3, 0.4) is 0 Å². The molecule has 0 aromatic carbocycles. The van der Waals surface area contributed by atoms with Crippen molar-refractivity contribution in [1.82, 2.24) is 4.90 Å². The first-order valence-corrected chi connectivity index (χ1v) is 5.59. The summed E-state index contributed by atoms with van der Waals surface area (Å²) in [5.41, 5.74) is 0. The van der Waals surface area contributed by atoms with Gasteiger partial charge in [0.15, 0.2) is 5.78 Å². The normalized spacial score (nSPS) is 30.5. The van der Waals surface area contributed by atoms with E-state index in [0.29, 0.717) is 12.5 Å². The quantitative estimate of drug-likeness (QED) is 0.628. The lowest BCUT2D eigenvalue weighted by atomic mass is 10.1. The molecule has 82 valence electrons. The molecular weight excluding hydrogens is 190 g/mol. The third-order valence-corrected chi connectivity index (χ3v) is 3.19. The van der Waals surface area contributed by atoms with Crippen molar-refractivity contribution < 1.29 is 9.53 Å². The SMILES string of the molecule is CC#CCC(=O)C1CN2CCCC2CO1. The molecule has 2 aliphatic rings. The smallest absolute Gasteiger partial charge is 0.174 e. The van der Waals surface area contributed by atoms with Crippen molar-refractivity contribution >= 4 is 5.78 Å². The molecule has 0 aliphatic carbocycles. The number of carbonyl (C=O) groups is 1. The van der Waals surface area contributed by atoms with E-state index in [1.807, 2.05) is 0 Å². The Morgan fingerprint density at radius 3 is 3.27 bits per heavy atom. The van der Waals surface area contributed by atoms with Crippen LogP contribution in [0, 0.1) is 11.8 Å². The zero-order valence-corrected chi connectivity index (χ0v) is 9.16. The second-order valence-electron chi connectivity index (χ2n) is 4.18. The lowest BCUT2D eigenvalue weighted by Crippen LogP contribution is -2.48. The number of rotatable bonds is 2. The Morgan fingerprint density at radius 1 is 1.60 bits per heavy atom. The van der Waals surface area contributed by atoms with Gasteiger partial charge in [0, 0.05) is 12.6 Å². The minimum atomic E-state index is -0.236. The van der Waals surface area contributed by atoms with Crippen LogP contribution in [0.2, 0.25) is 0 Å². The standard InChI is InChI=1S/C12H17NO2/c1-2-3-6-11(14)12-8-13-7-4-5-10(13)9-15-12/h10,12H,4-9H2,1H3. The maximum atomic E-state index is 11.7. The highest BCUT2D eigenvalue weighted by molar-refractivity contribution is 5.85. The summed E-state index contributed by atoms with van der Waals surface area (Å²) in [5.74, 6) is 5.68. The number of hydrogen-bond acceptors (Lipinski definition) is 3. The molecule has 2 saturated heterocycles. The summed E-state index contributed by atoms with van der Waals surface area (Å²) in [6.45, 7) is 4.37. The Labute approximate surface area is 90.8 Å². The van der Waals surface area contributed by atoms with Gasteiger partial charge in [-0.2, -0.15) is 0 Å². The maximum Gasteiger partial charge on any atom is 0.174 e. The van der Waals surface area contributed by atoms with Crippen molar-refractivity contribution in [2.45, 2.75) is 38.3 Å². The highest BCUT2D eigenvalue weighted by Crippen LogP contribution is 2.23. The zero-order valence-electron chi connectivity index (χ0n) is 9.16. The van der Waals surface area contributed by atoms with Crippen LogP contribution >= 0.6 is 0 Å². The molecule has 3 heteroatoms. The average molecular weight is 207 g/mol. The van der Waals surface area contributed by atoms with E-state index in [1.165, 1.54) is 12.8 Å². The molecule has 2 atom stereocenters. The second-order valence-corrected chi connectivity index (χ2v) is 4.18. The summed E-state index contributed by atoms with van der Waals surface area (Å²) in [7, 11) is 0. The summed E-state index contributed by atoms with van der Waals surface area (Å²) in [6.07, 6.45) is 2.55. The monoisotopic (exact) mass is 207 g/mol. The molecule has 0 bridgehead atoms. The van der Waals surface area contributed by atoms with Crippen LogP contribution in [0.15, 0.2) is 0 Å². The summed E-state index contributed by atoms with van der Waals surface area (Å²) < 4.78 is 5.59. The molecule has 0 aromatic rings. The number of morpholine rings is 1. The molecule has 0 radical (unpaired) electrons. The van der Waals surface area contributed by atoms with E-state index < -0.39 is 0 Å². The van der Waals surface area contributed by atoms with Crippen LogP contribution < -0.4 is 0 Å². The number of ether oxygens (including phenoxy) is 1. The molecule has 3 nitrogen and oxygen atoms in total. The van der Waals surface area contributed by atoms with Crippen molar-refractivity contribution in [1.29, 1.82) is 0 Å². The number of fused-ring (bicyclic) bond motifs is 1. The molecule has 15 heavy (non-hydrogen) atoms. The van der Waals surface area contributed by atoms with Crippen molar-refractivity contribution in [3.8, 4) is 11.8 Å². The fraction of sp³-hybridized carbons (Fsp3) is 0.750. The van der Waals surface area contributed by atoms with Gasteiger partial charge in [0.1, 0.15) is 6.10 Å². The van der Waals surface area contributed by atoms with Crippen LogP contribution in [0.5, 0.6) is 0 Å². The van der Waals surface area contributed by atoms with E-state index in [2.05, 4.69) is 16.7 Å². The predicted octanol–water partition coefficient (Wildman–Crippen LogP) is 0.832. The lowest BCUT2D eigenvalue weighted by molar-refractivity contribution is -0.137. The van der Waals surface area contributed by atoms with E-state index in [4.69, 9.17) is 4.74 Å². The summed E-state index contributed by atoms with van der Waals surface area (Å²) in [6, 6.07) is 0.561. The Kier molecular flexibility index (Phi) is 3.40. The number of ketones is 1. The molecule has 2 unspecified atom stereocenters. The second kappa shape index (κ2) is 4.78. The van der Waals surface area contributed by atoms with Gasteiger partial charge in [0.2, 0.25) is 0 Å². The van der Waals surface area contributed by atoms with E-state index in [1.54, 1.807) is 6.92 Å². The number of carbonyl (C=O) groups excluding carboxylic acids is 1. The van der Waals surface area contributed by atoms with Gasteiger partial charge in [-0.15, -0.1) is 5.92 Å². The molecule has 2 aliphatic heterocycles. The number of nitrogens with zero attached hydrogens (tertiary/aromatic N) is 1. The fourth-order valence-corrected chi connectivity index (χ4v) is 2.30. The van der Waals surface area contributed by atoms with E-state index in [9.17, 15) is 4.79 Å². The van der Waals surface area contributed by atoms with Crippen LogP contribution in [0.4, 0.5) is 0 Å². The molecule has 0 saturated carbocycles. The van der Waals surface area contributed by atoms with Crippen LogP contribution in [-0.4, -0.2) is 42.5 Å². The van der Waals surface area contributed by atoms with E-state index in [0.717, 1.165) is 19.7 Å². The fourth-order valence-electron chi connectivity index (χ4n) is 2.30. The number of hydrogen-bond donors (Lipinski definition) is 0. The first-order chi connectivity index (χ1) is 7.31. The molecule has 0 aromatic heterocycles. The van der Waals surface area contributed by atoms with Crippen molar-refractivity contribution in [3.05, 3.63) is 0 Å². The largest absolute Gasteiger partial charge is 0.367 e. The highest BCUT2D eigenvalue weighted by Gasteiger charge is 2.34. The average Bonchev–Trinajstić information content (AvgIpc) is 2.72. The minimum absolute atomic E-state index is 0.134. The third-order valence-electron chi connectivity index (χ3n) is 3.19. The van der Waals surface area contributed by atoms with E-state index in [-0.39, 0.29) is 11.9 Å². The van der Waals surface area contributed by atoms with Gasteiger partial charge in [-0.25, -0.2) is 0 Å². The van der Waals surface area contributed by atoms with Crippen molar-refractivity contribution in [3.63, 3.8) is 0 Å². The van der Waals surface area contributed by atoms with Crippen molar-refractivity contribution in [2.24, 2.45) is 0 Å². The third kappa shape index (κ3) is 2.39. The zero-order chi connectivity index (χ0) is 10.7.